The Labute approximate surface area is 151 Å². The molecular weight excluding hydrogens is 373 g/mol. The van der Waals surface area contributed by atoms with Crippen LogP contribution < -0.4 is 15.4 Å². The highest BCUT2D eigenvalue weighted by molar-refractivity contribution is 6.44. The van der Waals surface area contributed by atoms with Crippen molar-refractivity contribution in [2.75, 3.05) is 17.7 Å². The third kappa shape index (κ3) is 4.59. The van der Waals surface area contributed by atoms with Crippen LogP contribution in [-0.2, 0) is 9.59 Å². The molecule has 0 radical (unpaired) electrons. The van der Waals surface area contributed by atoms with Crippen molar-refractivity contribution in [2.24, 2.45) is 0 Å². The number of halogens is 2. The Hall–Kier alpha value is -2.84. The van der Waals surface area contributed by atoms with Crippen LogP contribution in [0.4, 0.5) is 17.1 Å². The minimum atomic E-state index is -1.01. The Morgan fingerprint density at radius 3 is 2.08 bits per heavy atom. The van der Waals surface area contributed by atoms with Crippen LogP contribution in [0.1, 0.15) is 0 Å². The van der Waals surface area contributed by atoms with Crippen molar-refractivity contribution in [3.63, 3.8) is 0 Å². The van der Waals surface area contributed by atoms with Crippen molar-refractivity contribution in [2.45, 2.75) is 0 Å². The Kier molecular flexibility index (Phi) is 5.79. The fraction of sp³-hybridized carbons (Fsp3) is 0.0667. The van der Waals surface area contributed by atoms with Crippen LogP contribution in [0, 0.1) is 10.1 Å². The van der Waals surface area contributed by atoms with E-state index in [1.54, 1.807) is 0 Å². The lowest BCUT2D eigenvalue weighted by Gasteiger charge is -2.08. The van der Waals surface area contributed by atoms with Gasteiger partial charge in [0.15, 0.2) is 0 Å². The third-order valence-corrected chi connectivity index (χ3v) is 3.63. The summed E-state index contributed by atoms with van der Waals surface area (Å²) in [6.45, 7) is 0. The molecule has 0 fully saturated rings. The summed E-state index contributed by atoms with van der Waals surface area (Å²) in [4.78, 5) is 33.9. The van der Waals surface area contributed by atoms with Crippen LogP contribution in [0.3, 0.4) is 0 Å². The zero-order valence-corrected chi connectivity index (χ0v) is 14.2. The molecule has 0 aliphatic rings. The first kappa shape index (κ1) is 18.5. The summed E-state index contributed by atoms with van der Waals surface area (Å²) in [7, 11) is 1.44. The van der Waals surface area contributed by atoms with Gasteiger partial charge in [-0.15, -0.1) is 0 Å². The van der Waals surface area contributed by atoms with Crippen LogP contribution in [0.25, 0.3) is 0 Å². The smallest absolute Gasteiger partial charge is 0.314 e. The fourth-order valence-corrected chi connectivity index (χ4v) is 2.29. The van der Waals surface area contributed by atoms with Gasteiger partial charge in [0.2, 0.25) is 0 Å². The van der Waals surface area contributed by atoms with Crippen molar-refractivity contribution < 1.29 is 19.2 Å². The van der Waals surface area contributed by atoms with E-state index >= 15 is 0 Å². The number of nitrogens with zero attached hydrogens (tertiary/aromatic N) is 1. The summed E-state index contributed by atoms with van der Waals surface area (Å²) >= 11 is 11.6. The van der Waals surface area contributed by atoms with Gasteiger partial charge in [0.05, 0.1) is 17.1 Å². The Morgan fingerprint density at radius 2 is 1.56 bits per heavy atom. The third-order valence-electron chi connectivity index (χ3n) is 3.02. The Bertz CT molecular complexity index is 857. The molecule has 0 bridgehead atoms. The molecular formula is C15H11Cl2N3O5. The van der Waals surface area contributed by atoms with E-state index in [9.17, 15) is 19.7 Å². The Morgan fingerprint density at radius 1 is 1.00 bits per heavy atom. The highest BCUT2D eigenvalue weighted by Crippen LogP contribution is 2.28. The first-order valence-corrected chi connectivity index (χ1v) is 7.47. The molecule has 130 valence electrons. The summed E-state index contributed by atoms with van der Waals surface area (Å²) in [5.41, 5.74) is -0.0427. The van der Waals surface area contributed by atoms with Gasteiger partial charge in [0.1, 0.15) is 10.8 Å². The number of hydrogen-bond donors (Lipinski definition) is 2. The summed E-state index contributed by atoms with van der Waals surface area (Å²) in [5, 5.41) is 15.6. The van der Waals surface area contributed by atoms with Gasteiger partial charge in [-0.1, -0.05) is 23.2 Å². The molecule has 10 heteroatoms. The number of carbonyl (C=O) groups is 2. The van der Waals surface area contributed by atoms with E-state index < -0.39 is 16.7 Å². The lowest BCUT2D eigenvalue weighted by Crippen LogP contribution is -2.29. The van der Waals surface area contributed by atoms with Gasteiger partial charge < -0.3 is 15.4 Å². The topological polar surface area (TPSA) is 111 Å². The maximum absolute atomic E-state index is 11.9. The highest BCUT2D eigenvalue weighted by Gasteiger charge is 2.18. The molecule has 2 rings (SSSR count). The minimum absolute atomic E-state index is 0.0593. The number of methoxy groups -OCH3 is 1. The van der Waals surface area contributed by atoms with E-state index in [0.717, 1.165) is 6.07 Å². The largest absolute Gasteiger partial charge is 0.495 e. The lowest BCUT2D eigenvalue weighted by molar-refractivity contribution is -0.384. The van der Waals surface area contributed by atoms with Crippen molar-refractivity contribution >= 4 is 52.1 Å². The van der Waals surface area contributed by atoms with Gasteiger partial charge in [-0.2, -0.15) is 0 Å². The molecule has 0 unspecified atom stereocenters. The van der Waals surface area contributed by atoms with E-state index in [0.29, 0.717) is 5.75 Å². The molecule has 2 aromatic rings. The molecule has 0 atom stereocenters. The van der Waals surface area contributed by atoms with E-state index in [1.807, 2.05) is 0 Å². The van der Waals surface area contributed by atoms with Crippen LogP contribution in [0.5, 0.6) is 5.75 Å². The van der Waals surface area contributed by atoms with Crippen molar-refractivity contribution in [3.8, 4) is 5.75 Å². The number of hydrogen-bond acceptors (Lipinski definition) is 5. The molecule has 0 aliphatic carbocycles. The summed E-state index contributed by atoms with van der Waals surface area (Å²) in [6.07, 6.45) is 0. The van der Waals surface area contributed by atoms with Gasteiger partial charge in [0, 0.05) is 17.4 Å². The van der Waals surface area contributed by atoms with Crippen LogP contribution in [-0.4, -0.2) is 23.8 Å². The van der Waals surface area contributed by atoms with Crippen LogP contribution >= 0.6 is 23.2 Å². The van der Waals surface area contributed by atoms with Crippen molar-refractivity contribution in [1.29, 1.82) is 0 Å². The number of nitro benzene ring substituents is 1. The van der Waals surface area contributed by atoms with Gasteiger partial charge >= 0.3 is 11.8 Å². The second-order valence-corrected chi connectivity index (χ2v) is 5.50. The minimum Gasteiger partial charge on any atom is -0.495 e. The molecule has 8 nitrogen and oxygen atoms in total. The number of benzene rings is 2. The fourth-order valence-electron chi connectivity index (χ4n) is 1.85. The van der Waals surface area contributed by atoms with E-state index in [-0.39, 0.29) is 27.1 Å². The predicted octanol–water partition coefficient (Wildman–Crippen LogP) is 3.49. The van der Waals surface area contributed by atoms with Crippen LogP contribution in [0.15, 0.2) is 36.4 Å². The second kappa shape index (κ2) is 7.82. The normalized spacial score (nSPS) is 10.0. The molecule has 0 aliphatic heterocycles. The standard InChI is InChI=1S/C15H11Cl2N3O5/c1-25-13-5-3-8(6-11(13)17)18-14(21)15(22)19-9-2-4-10(16)12(7-9)20(23)24/h2-7H,1H3,(H,18,21)(H,19,22). The van der Waals surface area contributed by atoms with Crippen molar-refractivity contribution in [1.82, 2.24) is 0 Å². The average Bonchev–Trinajstić information content (AvgIpc) is 2.56. The molecule has 0 heterocycles. The average molecular weight is 384 g/mol. The Balaban J connectivity index is 2.08. The first-order chi connectivity index (χ1) is 11.8. The van der Waals surface area contributed by atoms with E-state index in [2.05, 4.69) is 10.6 Å². The lowest BCUT2D eigenvalue weighted by atomic mass is 10.2. The number of rotatable bonds is 4. The number of nitrogens with one attached hydrogen (secondary N) is 2. The summed E-state index contributed by atoms with van der Waals surface area (Å²) in [5.74, 6) is -1.57. The SMILES string of the molecule is COc1ccc(NC(=O)C(=O)Nc2ccc(Cl)c([N+](=O)[O-])c2)cc1Cl. The number of carbonyl (C=O) groups excluding carboxylic acids is 2. The highest BCUT2D eigenvalue weighted by atomic mass is 35.5. The predicted molar refractivity (Wildman–Crippen MR) is 93.4 cm³/mol. The molecule has 0 saturated heterocycles. The monoisotopic (exact) mass is 383 g/mol. The number of nitro groups is 1. The van der Waals surface area contributed by atoms with Gasteiger partial charge in [-0.25, -0.2) is 0 Å². The molecule has 0 aromatic heterocycles. The molecule has 2 aromatic carbocycles. The quantitative estimate of drug-likeness (QED) is 0.476. The second-order valence-electron chi connectivity index (χ2n) is 4.68. The van der Waals surface area contributed by atoms with E-state index in [4.69, 9.17) is 27.9 Å². The van der Waals surface area contributed by atoms with Gasteiger partial charge in [0.25, 0.3) is 5.69 Å². The van der Waals surface area contributed by atoms with Gasteiger partial charge in [-0.3, -0.25) is 19.7 Å². The maximum atomic E-state index is 11.9. The molecule has 2 amide bonds. The molecule has 25 heavy (non-hydrogen) atoms. The number of ether oxygens (including phenoxy) is 1. The van der Waals surface area contributed by atoms with Gasteiger partial charge in [-0.05, 0) is 30.3 Å². The molecule has 0 saturated carbocycles. The number of amides is 2. The molecule has 2 N–H and O–H groups in total. The maximum Gasteiger partial charge on any atom is 0.314 e. The summed E-state index contributed by atoms with van der Waals surface area (Å²) in [6, 6.07) is 8.08. The molecule has 0 spiro atoms. The first-order valence-electron chi connectivity index (χ1n) is 6.71. The zero-order chi connectivity index (χ0) is 18.6. The van der Waals surface area contributed by atoms with Crippen molar-refractivity contribution in [3.05, 3.63) is 56.6 Å². The van der Waals surface area contributed by atoms with Crippen LogP contribution in [0.2, 0.25) is 10.0 Å². The zero-order valence-electron chi connectivity index (χ0n) is 12.7. The van der Waals surface area contributed by atoms with E-state index in [1.165, 1.54) is 37.4 Å². The summed E-state index contributed by atoms with van der Waals surface area (Å²) < 4.78 is 4.98. The number of anilines is 2.